The molecule has 3 aromatic rings. The van der Waals surface area contributed by atoms with Crippen molar-refractivity contribution in [3.8, 4) is 0 Å². The van der Waals surface area contributed by atoms with Crippen molar-refractivity contribution < 1.29 is 12.8 Å². The Morgan fingerprint density at radius 2 is 2.07 bits per heavy atom. The molecule has 4 heterocycles. The van der Waals surface area contributed by atoms with Crippen LogP contribution in [-0.2, 0) is 28.7 Å². The largest absolute Gasteiger partial charge is 0.417 e. The molecule has 0 radical (unpaired) electrons. The first-order valence-electron chi connectivity index (χ1n) is 9.21. The summed E-state index contributed by atoms with van der Waals surface area (Å²) >= 11 is 1.80. The Morgan fingerprint density at radius 3 is 2.90 bits per heavy atom. The Labute approximate surface area is 169 Å². The van der Waals surface area contributed by atoms with Gasteiger partial charge in [-0.2, -0.15) is 21.2 Å². The molecule has 1 fully saturated rings. The molecule has 2 aliphatic heterocycles. The second kappa shape index (κ2) is 6.85. The maximum atomic E-state index is 12.8. The van der Waals surface area contributed by atoms with Crippen LogP contribution in [0.2, 0.25) is 0 Å². The minimum Gasteiger partial charge on any atom is -0.408 e. The molecule has 1 aromatic carbocycles. The van der Waals surface area contributed by atoms with Gasteiger partial charge in [-0.1, -0.05) is 0 Å². The van der Waals surface area contributed by atoms with Gasteiger partial charge in [0.15, 0.2) is 5.58 Å². The summed E-state index contributed by atoms with van der Waals surface area (Å²) in [6.07, 6.45) is 0.850. The summed E-state index contributed by atoms with van der Waals surface area (Å²) in [6, 6.07) is 5.97. The molecule has 0 saturated carbocycles. The highest BCUT2D eigenvalue weighted by molar-refractivity contribution is 7.98. The molecule has 29 heavy (non-hydrogen) atoms. The standard InChI is InChI=1S/C18H18N4O5S2/c23-17-5-12-10-28-4-3-14(12)20-22(17)9-11-7-21(8-11)29(25,26)13-1-2-15-16(6-13)27-18(24)19-15/h1-2,5-6,11H,3-4,7-10H2,(H,19,24). The van der Waals surface area contributed by atoms with Crippen molar-refractivity contribution in [2.45, 2.75) is 23.6 Å². The van der Waals surface area contributed by atoms with Crippen molar-refractivity contribution in [1.29, 1.82) is 0 Å². The van der Waals surface area contributed by atoms with Crippen molar-refractivity contribution in [2.24, 2.45) is 5.92 Å². The second-order valence-electron chi connectivity index (χ2n) is 7.30. The number of sulfonamides is 1. The van der Waals surface area contributed by atoms with Crippen LogP contribution in [0.1, 0.15) is 11.3 Å². The monoisotopic (exact) mass is 434 g/mol. The third kappa shape index (κ3) is 3.32. The van der Waals surface area contributed by atoms with Gasteiger partial charge in [0.25, 0.3) is 5.56 Å². The van der Waals surface area contributed by atoms with E-state index in [1.807, 2.05) is 0 Å². The lowest BCUT2D eigenvalue weighted by molar-refractivity contribution is 0.172. The third-order valence-corrected chi connectivity index (χ3v) is 8.13. The fourth-order valence-electron chi connectivity index (χ4n) is 3.70. The van der Waals surface area contributed by atoms with Gasteiger partial charge in [-0.05, 0) is 23.4 Å². The SMILES string of the molecule is O=c1[nH]c2ccc(S(=O)(=O)N3CC(Cn4nc5c(cc4=O)CSCC5)C3)cc2o1. The number of H-pyrrole nitrogens is 1. The number of fused-ring (bicyclic) bond motifs is 2. The van der Waals surface area contributed by atoms with Gasteiger partial charge in [-0.3, -0.25) is 9.78 Å². The van der Waals surface area contributed by atoms with Gasteiger partial charge in [0.05, 0.1) is 22.7 Å². The molecule has 0 spiro atoms. The Kier molecular flexibility index (Phi) is 4.41. The molecular weight excluding hydrogens is 416 g/mol. The van der Waals surface area contributed by atoms with Crippen LogP contribution in [0.3, 0.4) is 0 Å². The highest BCUT2D eigenvalue weighted by Gasteiger charge is 2.37. The number of hydrogen-bond acceptors (Lipinski definition) is 7. The molecule has 2 aromatic heterocycles. The fourth-order valence-corrected chi connectivity index (χ4v) is 6.26. The third-order valence-electron chi connectivity index (χ3n) is 5.29. The highest BCUT2D eigenvalue weighted by Crippen LogP contribution is 2.28. The number of rotatable bonds is 4. The van der Waals surface area contributed by atoms with E-state index in [9.17, 15) is 18.0 Å². The number of aryl methyl sites for hydroxylation is 1. The molecule has 11 heteroatoms. The zero-order valence-corrected chi connectivity index (χ0v) is 17.0. The van der Waals surface area contributed by atoms with Gasteiger partial charge >= 0.3 is 5.76 Å². The van der Waals surface area contributed by atoms with E-state index in [2.05, 4.69) is 10.1 Å². The van der Waals surface area contributed by atoms with Gasteiger partial charge in [-0.15, -0.1) is 0 Å². The molecule has 0 unspecified atom stereocenters. The summed E-state index contributed by atoms with van der Waals surface area (Å²) in [6.45, 7) is 1.04. The smallest absolute Gasteiger partial charge is 0.408 e. The lowest BCUT2D eigenvalue weighted by Crippen LogP contribution is -2.52. The predicted molar refractivity (Wildman–Crippen MR) is 107 cm³/mol. The van der Waals surface area contributed by atoms with Gasteiger partial charge in [-0.25, -0.2) is 17.9 Å². The number of aromatic amines is 1. The predicted octanol–water partition coefficient (Wildman–Crippen LogP) is 0.788. The van der Waals surface area contributed by atoms with E-state index in [4.69, 9.17) is 4.42 Å². The minimum absolute atomic E-state index is 0.0277. The van der Waals surface area contributed by atoms with Gasteiger partial charge in [0.1, 0.15) is 0 Å². The van der Waals surface area contributed by atoms with Crippen molar-refractivity contribution in [2.75, 3.05) is 18.8 Å². The number of oxazole rings is 1. The van der Waals surface area contributed by atoms with Crippen LogP contribution in [0.25, 0.3) is 11.1 Å². The average molecular weight is 434 g/mol. The first-order chi connectivity index (χ1) is 13.9. The first-order valence-corrected chi connectivity index (χ1v) is 11.8. The fraction of sp³-hybridized carbons (Fsp3) is 0.389. The highest BCUT2D eigenvalue weighted by atomic mass is 32.2. The van der Waals surface area contributed by atoms with Crippen molar-refractivity contribution >= 4 is 32.9 Å². The molecule has 2 aliphatic rings. The van der Waals surface area contributed by atoms with Crippen LogP contribution in [0, 0.1) is 5.92 Å². The van der Waals surface area contributed by atoms with Crippen molar-refractivity contribution in [3.63, 3.8) is 0 Å². The second-order valence-corrected chi connectivity index (χ2v) is 10.3. The van der Waals surface area contributed by atoms with Gasteiger partial charge in [0.2, 0.25) is 10.0 Å². The molecule has 5 rings (SSSR count). The van der Waals surface area contributed by atoms with Gasteiger partial charge < -0.3 is 4.42 Å². The maximum Gasteiger partial charge on any atom is 0.417 e. The zero-order valence-electron chi connectivity index (χ0n) is 15.3. The van der Waals surface area contributed by atoms with Crippen LogP contribution < -0.4 is 11.3 Å². The topological polar surface area (TPSA) is 118 Å². The summed E-state index contributed by atoms with van der Waals surface area (Å²) in [7, 11) is -3.69. The number of benzene rings is 1. The molecule has 1 saturated heterocycles. The molecule has 1 N–H and O–H groups in total. The van der Waals surface area contributed by atoms with Crippen LogP contribution in [0.4, 0.5) is 0 Å². The molecule has 9 nitrogen and oxygen atoms in total. The Bertz CT molecular complexity index is 1320. The van der Waals surface area contributed by atoms with Crippen molar-refractivity contribution in [3.05, 3.63) is 56.4 Å². The molecule has 0 aliphatic carbocycles. The lowest BCUT2D eigenvalue weighted by atomic mass is 10.0. The van der Waals surface area contributed by atoms with E-state index >= 15 is 0 Å². The Balaban J connectivity index is 1.31. The lowest BCUT2D eigenvalue weighted by Gasteiger charge is -2.38. The maximum absolute atomic E-state index is 12.8. The van der Waals surface area contributed by atoms with E-state index in [1.54, 1.807) is 17.8 Å². The minimum atomic E-state index is -3.69. The number of aromatic nitrogens is 3. The summed E-state index contributed by atoms with van der Waals surface area (Å²) < 4.78 is 33.4. The summed E-state index contributed by atoms with van der Waals surface area (Å²) in [5.41, 5.74) is 2.49. The van der Waals surface area contributed by atoms with Gasteiger partial charge in [0, 0.05) is 43.3 Å². The van der Waals surface area contributed by atoms with E-state index in [-0.39, 0.29) is 22.0 Å². The molecule has 0 amide bonds. The van der Waals surface area contributed by atoms with E-state index < -0.39 is 15.8 Å². The van der Waals surface area contributed by atoms with Crippen LogP contribution >= 0.6 is 11.8 Å². The van der Waals surface area contributed by atoms with E-state index in [0.717, 1.165) is 29.2 Å². The summed E-state index contributed by atoms with van der Waals surface area (Å²) in [4.78, 5) is 26.1. The first kappa shape index (κ1) is 18.6. The number of thioether (sulfide) groups is 1. The van der Waals surface area contributed by atoms with Crippen LogP contribution in [0.5, 0.6) is 0 Å². The molecule has 0 bridgehead atoms. The number of nitrogens with zero attached hydrogens (tertiary/aromatic N) is 3. The van der Waals surface area contributed by atoms with Crippen molar-refractivity contribution in [1.82, 2.24) is 19.1 Å². The molecule has 152 valence electrons. The average Bonchev–Trinajstić information content (AvgIpc) is 3.03. The Hall–Kier alpha value is -2.37. The number of nitrogens with one attached hydrogen (secondary N) is 1. The zero-order chi connectivity index (χ0) is 20.2. The quantitative estimate of drug-likeness (QED) is 0.645. The summed E-state index contributed by atoms with van der Waals surface area (Å²) in [5, 5.41) is 4.49. The van der Waals surface area contributed by atoms with E-state index in [1.165, 1.54) is 27.2 Å². The van der Waals surface area contributed by atoms with Crippen LogP contribution in [0.15, 0.2) is 43.2 Å². The summed E-state index contributed by atoms with van der Waals surface area (Å²) in [5.74, 6) is 1.22. The van der Waals surface area contributed by atoms with E-state index in [0.29, 0.717) is 25.2 Å². The molecular formula is C18H18N4O5S2. The Morgan fingerprint density at radius 1 is 1.24 bits per heavy atom. The normalized spacial score (nSPS) is 17.9. The molecule has 0 atom stereocenters. The van der Waals surface area contributed by atoms with Crippen LogP contribution in [-0.4, -0.2) is 46.3 Å². The number of hydrogen-bond donors (Lipinski definition) is 1.